The van der Waals surface area contributed by atoms with Crippen LogP contribution >= 0.6 is 0 Å². The molecular formula is C29H51NO2. The van der Waals surface area contributed by atoms with E-state index in [1.54, 1.807) is 5.57 Å². The van der Waals surface area contributed by atoms with Gasteiger partial charge in [-0.1, -0.05) is 76.2 Å². The Morgan fingerprint density at radius 1 is 1.09 bits per heavy atom. The Morgan fingerprint density at radius 3 is 2.66 bits per heavy atom. The first kappa shape index (κ1) is 26.0. The molecule has 3 rings (SSSR count). The van der Waals surface area contributed by atoms with E-state index in [9.17, 15) is 10.2 Å². The van der Waals surface area contributed by atoms with Crippen LogP contribution < -0.4 is 0 Å². The van der Waals surface area contributed by atoms with Crippen molar-refractivity contribution in [1.29, 1.82) is 0 Å². The van der Waals surface area contributed by atoms with Gasteiger partial charge in [-0.15, -0.1) is 0 Å². The molecule has 1 saturated carbocycles. The first-order valence-corrected chi connectivity index (χ1v) is 14.0. The Kier molecular flexibility index (Phi) is 11.3. The van der Waals surface area contributed by atoms with Crippen LogP contribution in [0.4, 0.5) is 0 Å². The lowest BCUT2D eigenvalue weighted by Gasteiger charge is -2.26. The van der Waals surface area contributed by atoms with Crippen molar-refractivity contribution in [2.75, 3.05) is 19.6 Å². The van der Waals surface area contributed by atoms with Crippen LogP contribution in [0.15, 0.2) is 23.8 Å². The quantitative estimate of drug-likeness (QED) is 0.237. The van der Waals surface area contributed by atoms with Crippen LogP contribution in [0, 0.1) is 23.7 Å². The fourth-order valence-electron chi connectivity index (χ4n) is 6.43. The van der Waals surface area contributed by atoms with Crippen LogP contribution in [0.3, 0.4) is 0 Å². The third-order valence-corrected chi connectivity index (χ3v) is 8.37. The number of allylic oxidation sites excluding steroid dienone is 2. The van der Waals surface area contributed by atoms with Crippen molar-refractivity contribution in [2.45, 2.75) is 116 Å². The molecule has 0 unspecified atom stereocenters. The Balaban J connectivity index is 1.32. The average molecular weight is 446 g/mol. The van der Waals surface area contributed by atoms with Gasteiger partial charge in [-0.05, 0) is 88.8 Å². The van der Waals surface area contributed by atoms with Crippen molar-refractivity contribution >= 4 is 0 Å². The van der Waals surface area contributed by atoms with Crippen molar-refractivity contribution in [3.63, 3.8) is 0 Å². The van der Waals surface area contributed by atoms with Crippen molar-refractivity contribution in [3.8, 4) is 0 Å². The molecule has 184 valence electrons. The summed E-state index contributed by atoms with van der Waals surface area (Å²) in [6.07, 6.45) is 23.5. The smallest absolute Gasteiger partial charge is 0.0723 e. The van der Waals surface area contributed by atoms with Gasteiger partial charge in [0.25, 0.3) is 0 Å². The molecule has 0 aromatic rings. The second-order valence-corrected chi connectivity index (χ2v) is 11.2. The summed E-state index contributed by atoms with van der Waals surface area (Å²) in [7, 11) is 0. The summed E-state index contributed by atoms with van der Waals surface area (Å²) in [6, 6.07) is 0. The zero-order chi connectivity index (χ0) is 22.8. The monoisotopic (exact) mass is 445 g/mol. The molecule has 32 heavy (non-hydrogen) atoms. The van der Waals surface area contributed by atoms with Gasteiger partial charge in [-0.2, -0.15) is 0 Å². The maximum Gasteiger partial charge on any atom is 0.0723 e. The van der Waals surface area contributed by atoms with Crippen LogP contribution in [-0.4, -0.2) is 47.0 Å². The zero-order valence-corrected chi connectivity index (χ0v) is 21.1. The molecule has 1 aliphatic heterocycles. The minimum atomic E-state index is -0.369. The van der Waals surface area contributed by atoms with Gasteiger partial charge >= 0.3 is 0 Å². The molecule has 2 N–H and O–H groups in total. The van der Waals surface area contributed by atoms with E-state index >= 15 is 0 Å². The van der Waals surface area contributed by atoms with E-state index in [-0.39, 0.29) is 18.1 Å². The molecule has 0 amide bonds. The van der Waals surface area contributed by atoms with Crippen LogP contribution in [0.2, 0.25) is 0 Å². The van der Waals surface area contributed by atoms with Gasteiger partial charge in [-0.3, -0.25) is 0 Å². The zero-order valence-electron chi connectivity index (χ0n) is 21.1. The Labute approximate surface area is 198 Å². The number of aliphatic hydroxyl groups excluding tert-OH is 2. The topological polar surface area (TPSA) is 43.7 Å². The minimum absolute atomic E-state index is 0.221. The van der Waals surface area contributed by atoms with E-state index < -0.39 is 0 Å². The van der Waals surface area contributed by atoms with Gasteiger partial charge in [0.1, 0.15) is 0 Å². The molecule has 2 aliphatic carbocycles. The predicted octanol–water partition coefficient (Wildman–Crippen LogP) is 6.50. The standard InChI is InChI=1S/C29H51NO2/c1-3-4-12-23(2)19-26(31)14-15-27-28-21-24(20-25(28)22-29(27)32)13-8-5-6-9-16-30-17-10-7-11-18-30/h14-15,20,23,25-29,31-32H,3-13,16-19,21-22H2,1-2H3/b15-14+/t23-,25-,26+,27+,28-,29+/m0/s1. The summed E-state index contributed by atoms with van der Waals surface area (Å²) in [5, 5.41) is 21.1. The van der Waals surface area contributed by atoms with Gasteiger partial charge in [0.15, 0.2) is 0 Å². The summed E-state index contributed by atoms with van der Waals surface area (Å²) in [6.45, 7) is 8.43. The lowest BCUT2D eigenvalue weighted by Crippen LogP contribution is -2.30. The van der Waals surface area contributed by atoms with E-state index in [0.717, 1.165) is 19.3 Å². The lowest BCUT2D eigenvalue weighted by atomic mass is 9.88. The molecule has 3 heteroatoms. The number of piperidine rings is 1. The number of hydrogen-bond donors (Lipinski definition) is 2. The van der Waals surface area contributed by atoms with Gasteiger partial charge < -0.3 is 15.1 Å². The van der Waals surface area contributed by atoms with E-state index in [4.69, 9.17) is 0 Å². The Morgan fingerprint density at radius 2 is 1.88 bits per heavy atom. The molecule has 1 heterocycles. The molecular weight excluding hydrogens is 394 g/mol. The van der Waals surface area contributed by atoms with Crippen molar-refractivity contribution in [2.24, 2.45) is 23.7 Å². The van der Waals surface area contributed by atoms with Crippen LogP contribution in [0.5, 0.6) is 0 Å². The molecule has 3 aliphatic rings. The summed E-state index contributed by atoms with van der Waals surface area (Å²) in [5.74, 6) is 1.89. The van der Waals surface area contributed by atoms with Gasteiger partial charge in [0.05, 0.1) is 12.2 Å². The molecule has 0 radical (unpaired) electrons. The Bertz CT molecular complexity index is 580. The fourth-order valence-corrected chi connectivity index (χ4v) is 6.43. The number of rotatable bonds is 14. The summed E-state index contributed by atoms with van der Waals surface area (Å²) in [4.78, 5) is 2.66. The fraction of sp³-hybridized carbons (Fsp3) is 0.862. The molecule has 6 atom stereocenters. The van der Waals surface area contributed by atoms with E-state index in [1.807, 2.05) is 6.08 Å². The third kappa shape index (κ3) is 8.29. The van der Waals surface area contributed by atoms with Crippen LogP contribution in [-0.2, 0) is 0 Å². The van der Waals surface area contributed by atoms with Crippen molar-refractivity contribution in [3.05, 3.63) is 23.8 Å². The second-order valence-electron chi connectivity index (χ2n) is 11.2. The predicted molar refractivity (Wildman–Crippen MR) is 136 cm³/mol. The summed E-state index contributed by atoms with van der Waals surface area (Å²) >= 11 is 0. The third-order valence-electron chi connectivity index (χ3n) is 8.37. The van der Waals surface area contributed by atoms with Crippen LogP contribution in [0.25, 0.3) is 0 Å². The largest absolute Gasteiger partial charge is 0.392 e. The number of likely N-dealkylation sites (tertiary alicyclic amines) is 1. The molecule has 0 spiro atoms. The minimum Gasteiger partial charge on any atom is -0.392 e. The lowest BCUT2D eigenvalue weighted by molar-refractivity contribution is 0.139. The van der Waals surface area contributed by atoms with E-state index in [1.165, 1.54) is 90.3 Å². The van der Waals surface area contributed by atoms with Crippen molar-refractivity contribution < 1.29 is 10.2 Å². The highest BCUT2D eigenvalue weighted by Crippen LogP contribution is 2.48. The number of unbranched alkanes of at least 4 members (excludes halogenated alkanes) is 4. The highest BCUT2D eigenvalue weighted by molar-refractivity contribution is 5.21. The number of aliphatic hydroxyl groups is 2. The maximum atomic E-state index is 10.6. The second kappa shape index (κ2) is 13.9. The Hall–Kier alpha value is -0.640. The molecule has 2 fully saturated rings. The SMILES string of the molecule is CCCC[C@H](C)C[C@H](O)/C=C/[C@@H]1[C@H]2CC(CCCCCCN3CCCCC3)=C[C@H]2C[C@H]1O. The van der Waals surface area contributed by atoms with Gasteiger partial charge in [0, 0.05) is 5.92 Å². The van der Waals surface area contributed by atoms with Gasteiger partial charge in [0.2, 0.25) is 0 Å². The molecule has 0 aromatic carbocycles. The van der Waals surface area contributed by atoms with Crippen LogP contribution in [0.1, 0.15) is 104 Å². The number of fused-ring (bicyclic) bond motifs is 1. The first-order valence-electron chi connectivity index (χ1n) is 14.0. The number of nitrogens with zero attached hydrogens (tertiary/aromatic N) is 1. The molecule has 0 aromatic heterocycles. The average Bonchev–Trinajstić information content (AvgIpc) is 3.30. The van der Waals surface area contributed by atoms with Gasteiger partial charge in [-0.25, -0.2) is 0 Å². The highest BCUT2D eigenvalue weighted by Gasteiger charge is 2.43. The summed E-state index contributed by atoms with van der Waals surface area (Å²) < 4.78 is 0. The number of hydrogen-bond acceptors (Lipinski definition) is 3. The normalized spacial score (nSPS) is 30.6. The van der Waals surface area contributed by atoms with E-state index in [0.29, 0.717) is 17.8 Å². The van der Waals surface area contributed by atoms with Crippen molar-refractivity contribution in [1.82, 2.24) is 4.90 Å². The molecule has 3 nitrogen and oxygen atoms in total. The molecule has 1 saturated heterocycles. The first-order chi connectivity index (χ1) is 15.6. The molecule has 0 bridgehead atoms. The highest BCUT2D eigenvalue weighted by atomic mass is 16.3. The maximum absolute atomic E-state index is 10.6. The van der Waals surface area contributed by atoms with E-state index in [2.05, 4.69) is 30.9 Å². The summed E-state index contributed by atoms with van der Waals surface area (Å²) in [5.41, 5.74) is 1.63.